The highest BCUT2D eigenvalue weighted by Gasteiger charge is 2.24. The van der Waals surface area contributed by atoms with Crippen LogP contribution in [0, 0.1) is 11.6 Å². The number of benzene rings is 1. The van der Waals surface area contributed by atoms with Gasteiger partial charge in [-0.3, -0.25) is 4.79 Å². The van der Waals surface area contributed by atoms with Crippen molar-refractivity contribution in [3.8, 4) is 5.75 Å². The van der Waals surface area contributed by atoms with E-state index in [0.29, 0.717) is 0 Å². The number of halogens is 2. The first-order valence-electron chi connectivity index (χ1n) is 5.94. The highest BCUT2D eigenvalue weighted by atomic mass is 19.1. The molecule has 0 aliphatic rings. The van der Waals surface area contributed by atoms with Gasteiger partial charge in [0, 0.05) is 10.9 Å². The molecule has 0 spiro atoms. The lowest BCUT2D eigenvalue weighted by Gasteiger charge is -2.13. The predicted molar refractivity (Wildman–Crippen MR) is 68.2 cm³/mol. The molecule has 0 saturated carbocycles. The molecule has 2 rings (SSSR count). The summed E-state index contributed by atoms with van der Waals surface area (Å²) in [5, 5.41) is 9.39. The minimum Gasteiger partial charge on any atom is -0.503 e. The molecule has 1 aromatic heterocycles. The van der Waals surface area contributed by atoms with Crippen LogP contribution in [-0.2, 0) is 0 Å². The van der Waals surface area contributed by atoms with Crippen LogP contribution in [0.2, 0.25) is 0 Å². The van der Waals surface area contributed by atoms with Gasteiger partial charge in [0.25, 0.3) is 0 Å². The summed E-state index contributed by atoms with van der Waals surface area (Å²) in [5.41, 5.74) is -1.87. The lowest BCUT2D eigenvalue weighted by molar-refractivity contribution is 0.101. The van der Waals surface area contributed by atoms with Gasteiger partial charge in [-0.1, -0.05) is 13.8 Å². The highest BCUT2D eigenvalue weighted by Crippen LogP contribution is 2.36. The Balaban J connectivity index is 3.06. The molecular formula is C14H12F2O4. The van der Waals surface area contributed by atoms with Gasteiger partial charge in [0.05, 0.1) is 0 Å². The Morgan fingerprint density at radius 2 is 1.90 bits per heavy atom. The molecule has 4 nitrogen and oxygen atoms in total. The number of carbonyl (C=O) groups excluding carboxylic acids is 1. The van der Waals surface area contributed by atoms with E-state index in [4.69, 9.17) is 4.42 Å². The molecule has 20 heavy (non-hydrogen) atoms. The number of hydrogen-bond acceptors (Lipinski definition) is 4. The lowest BCUT2D eigenvalue weighted by Crippen LogP contribution is -2.12. The highest BCUT2D eigenvalue weighted by molar-refractivity contribution is 5.97. The second-order valence-electron chi connectivity index (χ2n) is 4.79. The first kappa shape index (κ1) is 14.2. The summed E-state index contributed by atoms with van der Waals surface area (Å²) in [6.45, 7) is 4.42. The molecule has 6 heteroatoms. The van der Waals surface area contributed by atoms with Gasteiger partial charge in [-0.25, -0.2) is 9.18 Å². The van der Waals surface area contributed by atoms with Crippen LogP contribution in [0.3, 0.4) is 0 Å². The number of fused-ring (bicyclic) bond motifs is 1. The van der Waals surface area contributed by atoms with Crippen molar-refractivity contribution in [2.45, 2.75) is 26.7 Å². The maximum atomic E-state index is 14.0. The third kappa shape index (κ3) is 1.97. The summed E-state index contributed by atoms with van der Waals surface area (Å²) >= 11 is 0. The standard InChI is InChI=1S/C14H12F2O4/c1-5(2)9-8-4-7(6(3)17)14(19)20-13(8)11(16)12(18)10(9)15/h4-5,18H,1-3H3. The van der Waals surface area contributed by atoms with Crippen LogP contribution >= 0.6 is 0 Å². The number of rotatable bonds is 2. The van der Waals surface area contributed by atoms with Crippen molar-refractivity contribution in [3.05, 3.63) is 39.2 Å². The molecule has 0 amide bonds. The Morgan fingerprint density at radius 3 is 2.40 bits per heavy atom. The number of Topliss-reactive ketones (excluding diaryl/α,β-unsaturated/α-hetero) is 1. The number of ketones is 1. The summed E-state index contributed by atoms with van der Waals surface area (Å²) in [5.74, 6) is -4.64. The summed E-state index contributed by atoms with van der Waals surface area (Å²) in [6, 6.07) is 1.10. The average Bonchev–Trinajstić information content (AvgIpc) is 2.36. The predicted octanol–water partition coefficient (Wildman–Crippen LogP) is 3.10. The van der Waals surface area contributed by atoms with Crippen LogP contribution in [-0.4, -0.2) is 10.9 Å². The second kappa shape index (κ2) is 4.70. The maximum Gasteiger partial charge on any atom is 0.347 e. The summed E-state index contributed by atoms with van der Waals surface area (Å²) in [6.07, 6.45) is 0. The molecule has 0 saturated heterocycles. The van der Waals surface area contributed by atoms with Crippen molar-refractivity contribution >= 4 is 16.8 Å². The topological polar surface area (TPSA) is 67.5 Å². The van der Waals surface area contributed by atoms with Gasteiger partial charge in [0.2, 0.25) is 5.82 Å². The van der Waals surface area contributed by atoms with Gasteiger partial charge in [0.15, 0.2) is 22.9 Å². The molecule has 0 atom stereocenters. The van der Waals surface area contributed by atoms with E-state index in [1.807, 2.05) is 0 Å². The van der Waals surface area contributed by atoms with E-state index in [9.17, 15) is 23.5 Å². The molecule has 2 aromatic rings. The van der Waals surface area contributed by atoms with Crippen LogP contribution in [0.5, 0.6) is 5.75 Å². The fourth-order valence-electron chi connectivity index (χ4n) is 2.09. The third-order valence-electron chi connectivity index (χ3n) is 3.05. The zero-order valence-corrected chi connectivity index (χ0v) is 11.1. The fourth-order valence-corrected chi connectivity index (χ4v) is 2.09. The smallest absolute Gasteiger partial charge is 0.347 e. The Labute approximate surface area is 112 Å². The minimum absolute atomic E-state index is 0.00912. The van der Waals surface area contributed by atoms with Crippen molar-refractivity contribution in [2.75, 3.05) is 0 Å². The molecule has 1 heterocycles. The Morgan fingerprint density at radius 1 is 1.30 bits per heavy atom. The zero-order valence-electron chi connectivity index (χ0n) is 11.1. The van der Waals surface area contributed by atoms with E-state index >= 15 is 0 Å². The van der Waals surface area contributed by atoms with Crippen molar-refractivity contribution in [2.24, 2.45) is 0 Å². The van der Waals surface area contributed by atoms with Crippen LogP contribution in [0.1, 0.15) is 42.6 Å². The normalized spacial score (nSPS) is 11.3. The minimum atomic E-state index is -1.35. The Kier molecular flexibility index (Phi) is 3.33. The van der Waals surface area contributed by atoms with Crippen LogP contribution in [0.25, 0.3) is 11.0 Å². The first-order valence-corrected chi connectivity index (χ1v) is 5.94. The average molecular weight is 282 g/mol. The largest absolute Gasteiger partial charge is 0.503 e. The zero-order chi connectivity index (χ0) is 15.2. The Hall–Kier alpha value is -2.24. The lowest BCUT2D eigenvalue weighted by atomic mass is 9.96. The number of hydrogen-bond donors (Lipinski definition) is 1. The van der Waals surface area contributed by atoms with Gasteiger partial charge < -0.3 is 9.52 Å². The molecule has 0 bridgehead atoms. The van der Waals surface area contributed by atoms with E-state index in [1.54, 1.807) is 13.8 Å². The van der Waals surface area contributed by atoms with Crippen molar-refractivity contribution in [1.82, 2.24) is 0 Å². The van der Waals surface area contributed by atoms with Gasteiger partial charge in [-0.2, -0.15) is 4.39 Å². The SMILES string of the molecule is CC(=O)c1cc2c(C(C)C)c(F)c(O)c(F)c2oc1=O. The number of aromatic hydroxyl groups is 1. The Bertz CT molecular complexity index is 775. The van der Waals surface area contributed by atoms with E-state index in [2.05, 4.69) is 0 Å². The molecule has 106 valence electrons. The number of phenols is 1. The number of phenolic OH excluding ortho intramolecular Hbond substituents is 1. The summed E-state index contributed by atoms with van der Waals surface area (Å²) < 4.78 is 32.5. The molecule has 1 N–H and O–H groups in total. The summed E-state index contributed by atoms with van der Waals surface area (Å²) in [7, 11) is 0. The second-order valence-corrected chi connectivity index (χ2v) is 4.79. The van der Waals surface area contributed by atoms with Crippen molar-refractivity contribution in [3.63, 3.8) is 0 Å². The molecular weight excluding hydrogens is 270 g/mol. The van der Waals surface area contributed by atoms with E-state index in [-0.39, 0.29) is 16.5 Å². The monoisotopic (exact) mass is 282 g/mol. The maximum absolute atomic E-state index is 14.0. The first-order chi connectivity index (χ1) is 9.25. The van der Waals surface area contributed by atoms with Crippen molar-refractivity contribution in [1.29, 1.82) is 0 Å². The van der Waals surface area contributed by atoms with E-state index in [0.717, 1.165) is 13.0 Å². The van der Waals surface area contributed by atoms with Crippen LogP contribution in [0.4, 0.5) is 8.78 Å². The van der Waals surface area contributed by atoms with Gasteiger partial charge in [-0.05, 0) is 18.9 Å². The van der Waals surface area contributed by atoms with Crippen LogP contribution in [0.15, 0.2) is 15.3 Å². The van der Waals surface area contributed by atoms with E-state index in [1.165, 1.54) is 0 Å². The molecule has 0 aliphatic carbocycles. The molecule has 0 fully saturated rings. The quantitative estimate of drug-likeness (QED) is 0.679. The molecule has 0 aliphatic heterocycles. The van der Waals surface area contributed by atoms with Crippen molar-refractivity contribution < 1.29 is 23.1 Å². The molecule has 0 radical (unpaired) electrons. The van der Waals surface area contributed by atoms with E-state index < -0.39 is 40.3 Å². The van der Waals surface area contributed by atoms with Gasteiger partial charge >= 0.3 is 5.63 Å². The fraction of sp³-hybridized carbons (Fsp3) is 0.286. The molecule has 1 aromatic carbocycles. The third-order valence-corrected chi connectivity index (χ3v) is 3.05. The molecule has 0 unspecified atom stereocenters. The number of carbonyl (C=O) groups is 1. The van der Waals surface area contributed by atoms with Crippen LogP contribution < -0.4 is 5.63 Å². The van der Waals surface area contributed by atoms with Gasteiger partial charge in [-0.15, -0.1) is 0 Å². The summed E-state index contributed by atoms with van der Waals surface area (Å²) in [4.78, 5) is 22.9. The van der Waals surface area contributed by atoms with Gasteiger partial charge in [0.1, 0.15) is 5.56 Å².